The Balaban J connectivity index is -0.0000000980. The Morgan fingerprint density at radius 2 is 0.889 bits per heavy atom. The topological polar surface area (TPSA) is 76.8 Å². The Morgan fingerprint density at radius 1 is 0.722 bits per heavy atom. The molecule has 4 N–H and O–H groups in total. The Kier molecular flexibility index (Phi) is 17.7. The van der Waals surface area contributed by atoms with E-state index in [2.05, 4.69) is 24.1 Å². The largest absolute Gasteiger partial charge is 0.463 e. The summed E-state index contributed by atoms with van der Waals surface area (Å²) in [6.45, 7) is 12.0. The fraction of sp³-hybridized carbons (Fsp3) is 0.667. The molecule has 0 spiro atoms. The molecule has 0 atom stereocenters. The monoisotopic (exact) mass is 404 g/mol. The third-order valence-corrected chi connectivity index (χ3v) is 1.88. The summed E-state index contributed by atoms with van der Waals surface area (Å²) in [4.78, 5) is 7.21. The van der Waals surface area contributed by atoms with E-state index in [9.17, 15) is 0 Å². The molecule has 0 aliphatic heterocycles. The Hall–Kier alpha value is 0.888. The Labute approximate surface area is 163 Å². The molecule has 0 fully saturated rings. The maximum absolute atomic E-state index is 5.44. The van der Waals surface area contributed by atoms with Crippen molar-refractivity contribution in [3.8, 4) is 0 Å². The van der Waals surface area contributed by atoms with Crippen LogP contribution in [0.15, 0.2) is 9.98 Å². The molecule has 0 heterocycles. The van der Waals surface area contributed by atoms with Gasteiger partial charge in [0, 0.05) is 65.4 Å². The molecule has 0 saturated carbocycles. The standard InChI is InChI=1S/2C6H13N2.2Y/c2*1-6(2,3)5(7)8-4;;/h2*4H2,1-3H3,(H2,7,8);;/q2*-1;;. The predicted molar refractivity (Wildman–Crippen MR) is 72.9 cm³/mol. The molecule has 0 rings (SSSR count). The van der Waals surface area contributed by atoms with Gasteiger partial charge in [0.15, 0.2) is 0 Å². The van der Waals surface area contributed by atoms with Crippen molar-refractivity contribution in [2.75, 3.05) is 0 Å². The fourth-order valence-electron chi connectivity index (χ4n) is 0.474. The van der Waals surface area contributed by atoms with Gasteiger partial charge in [0.25, 0.3) is 0 Å². The first kappa shape index (κ1) is 27.3. The summed E-state index contributed by atoms with van der Waals surface area (Å²) in [5.74, 6) is 1.19. The van der Waals surface area contributed by atoms with Crippen molar-refractivity contribution in [3.05, 3.63) is 14.1 Å². The molecule has 18 heavy (non-hydrogen) atoms. The number of hydrogen-bond donors (Lipinski definition) is 2. The van der Waals surface area contributed by atoms with E-state index in [0.29, 0.717) is 11.7 Å². The van der Waals surface area contributed by atoms with Crippen molar-refractivity contribution in [2.45, 2.75) is 41.5 Å². The Morgan fingerprint density at radius 3 is 0.889 bits per heavy atom. The fourth-order valence-corrected chi connectivity index (χ4v) is 0.474. The molecule has 0 saturated heterocycles. The van der Waals surface area contributed by atoms with E-state index in [1.807, 2.05) is 41.5 Å². The summed E-state index contributed by atoms with van der Waals surface area (Å²) in [6, 6.07) is 0. The van der Waals surface area contributed by atoms with Gasteiger partial charge in [-0.1, -0.05) is 53.2 Å². The van der Waals surface area contributed by atoms with Gasteiger partial charge in [0.05, 0.1) is 0 Å². The van der Waals surface area contributed by atoms with Crippen molar-refractivity contribution >= 4 is 11.7 Å². The van der Waals surface area contributed by atoms with E-state index in [4.69, 9.17) is 11.5 Å². The van der Waals surface area contributed by atoms with Crippen molar-refractivity contribution in [1.82, 2.24) is 0 Å². The van der Waals surface area contributed by atoms with Gasteiger partial charge in [-0.2, -0.15) is 14.1 Å². The zero-order valence-corrected chi connectivity index (χ0v) is 18.3. The predicted octanol–water partition coefficient (Wildman–Crippen LogP) is 2.36. The van der Waals surface area contributed by atoms with E-state index in [1.165, 1.54) is 0 Å². The molecule has 0 aliphatic rings. The van der Waals surface area contributed by atoms with E-state index in [-0.39, 0.29) is 76.2 Å². The van der Waals surface area contributed by atoms with E-state index < -0.39 is 0 Å². The number of amidine groups is 2. The van der Waals surface area contributed by atoms with Crippen molar-refractivity contribution in [1.29, 1.82) is 0 Å². The van der Waals surface area contributed by atoms with Crippen LogP contribution in [0.25, 0.3) is 0 Å². The van der Waals surface area contributed by atoms with Gasteiger partial charge < -0.3 is 21.5 Å². The molecule has 0 aromatic carbocycles. The number of aliphatic imine (C=N–C) groups is 2. The first-order valence-corrected chi connectivity index (χ1v) is 5.16. The Bertz CT molecular complexity index is 232. The second kappa shape index (κ2) is 11.7. The number of nitrogens with zero attached hydrogens (tertiary/aromatic N) is 2. The summed E-state index contributed by atoms with van der Waals surface area (Å²) < 4.78 is 0. The zero-order valence-electron chi connectivity index (χ0n) is 12.6. The summed E-state index contributed by atoms with van der Waals surface area (Å²) >= 11 is 0. The van der Waals surface area contributed by atoms with Crippen LogP contribution >= 0.6 is 0 Å². The minimum atomic E-state index is -0.0260. The zero-order chi connectivity index (χ0) is 13.6. The second-order valence-corrected chi connectivity index (χ2v) is 5.59. The maximum Gasteiger partial charge on any atom is 0 e. The van der Waals surface area contributed by atoms with E-state index in [0.717, 1.165) is 0 Å². The molecule has 4 nitrogen and oxygen atoms in total. The van der Waals surface area contributed by atoms with Crippen LogP contribution in [0.3, 0.4) is 0 Å². The molecule has 0 unspecified atom stereocenters. The first-order chi connectivity index (χ1) is 6.96. The summed E-state index contributed by atoms with van der Waals surface area (Å²) in [6.07, 6.45) is 0. The van der Waals surface area contributed by atoms with Crippen LogP contribution in [0.5, 0.6) is 0 Å². The smallest absolute Gasteiger partial charge is 0 e. The first-order valence-electron chi connectivity index (χ1n) is 5.16. The minimum Gasteiger partial charge on any atom is -0.463 e. The maximum atomic E-state index is 5.44. The molecular formula is C12H26N4Y2-2. The second-order valence-electron chi connectivity index (χ2n) is 5.59. The molecule has 6 heteroatoms. The normalized spacial score (nSPS) is 12.6. The molecule has 0 aromatic rings. The third-order valence-electron chi connectivity index (χ3n) is 1.88. The molecule has 0 aliphatic carbocycles. The summed E-state index contributed by atoms with van der Waals surface area (Å²) in [5.41, 5.74) is 10.8. The number of nitrogens with two attached hydrogens (primary N) is 2. The van der Waals surface area contributed by atoms with Crippen LogP contribution in [0.1, 0.15) is 41.5 Å². The van der Waals surface area contributed by atoms with Gasteiger partial charge in [-0.3, -0.25) is 0 Å². The van der Waals surface area contributed by atoms with Gasteiger partial charge in [0.1, 0.15) is 0 Å². The van der Waals surface area contributed by atoms with Crippen molar-refractivity contribution in [3.63, 3.8) is 0 Å². The van der Waals surface area contributed by atoms with Crippen LogP contribution in [-0.2, 0) is 65.4 Å². The van der Waals surface area contributed by atoms with Crippen LogP contribution in [0.4, 0.5) is 0 Å². The van der Waals surface area contributed by atoms with Crippen LogP contribution in [-0.4, -0.2) is 11.7 Å². The van der Waals surface area contributed by atoms with Crippen molar-refractivity contribution < 1.29 is 65.4 Å². The van der Waals surface area contributed by atoms with Gasteiger partial charge in [-0.25, -0.2) is 0 Å². The summed E-state index contributed by atoms with van der Waals surface area (Å²) in [5, 5.41) is 0. The van der Waals surface area contributed by atoms with Gasteiger partial charge in [0.2, 0.25) is 0 Å². The molecule has 0 aromatic heterocycles. The minimum absolute atomic E-state index is 0. The molecular weight excluding hydrogens is 378 g/mol. The van der Waals surface area contributed by atoms with Gasteiger partial charge >= 0.3 is 0 Å². The van der Waals surface area contributed by atoms with Gasteiger partial charge in [-0.05, 0) is 10.8 Å². The quantitative estimate of drug-likeness (QED) is 0.370. The summed E-state index contributed by atoms with van der Waals surface area (Å²) in [7, 11) is 6.63. The van der Waals surface area contributed by atoms with Crippen LogP contribution in [0.2, 0.25) is 0 Å². The number of rotatable bonds is 0. The van der Waals surface area contributed by atoms with E-state index >= 15 is 0 Å². The van der Waals surface area contributed by atoms with Crippen molar-refractivity contribution in [2.24, 2.45) is 32.3 Å². The average molecular weight is 404 g/mol. The number of hydrogen-bond acceptors (Lipinski definition) is 2. The van der Waals surface area contributed by atoms with Crippen LogP contribution < -0.4 is 11.5 Å². The molecule has 0 amide bonds. The SMILES string of the molecule is [CH2-]N=C(N)C(C)(C)C.[CH2-]N=C(N)C(C)(C)C.[Y].[Y]. The average Bonchev–Trinajstić information content (AvgIpc) is 2.13. The van der Waals surface area contributed by atoms with Crippen LogP contribution in [0, 0.1) is 24.9 Å². The van der Waals surface area contributed by atoms with E-state index in [1.54, 1.807) is 0 Å². The molecule has 0 bridgehead atoms. The molecule has 102 valence electrons. The van der Waals surface area contributed by atoms with Gasteiger partial charge in [-0.15, -0.1) is 0 Å². The third kappa shape index (κ3) is 14.9. The molecule has 2 radical (unpaired) electrons.